The van der Waals surface area contributed by atoms with Gasteiger partial charge in [0.1, 0.15) is 18.0 Å². The van der Waals surface area contributed by atoms with E-state index in [0.29, 0.717) is 30.4 Å². The van der Waals surface area contributed by atoms with E-state index in [0.717, 1.165) is 18.4 Å². The molecule has 168 valence electrons. The molecule has 0 unspecified atom stereocenters. The number of amides is 2. The van der Waals surface area contributed by atoms with Gasteiger partial charge in [0.2, 0.25) is 11.8 Å². The fraction of sp³-hybridized carbons (Fsp3) is 0.565. The zero-order chi connectivity index (χ0) is 22.0. The maximum Gasteiger partial charge on any atom is 0.247 e. The van der Waals surface area contributed by atoms with Crippen molar-refractivity contribution in [2.45, 2.75) is 43.4 Å². The fourth-order valence-corrected chi connectivity index (χ4v) is 4.49. The van der Waals surface area contributed by atoms with E-state index in [2.05, 4.69) is 5.32 Å². The molecular formula is C23H30N2O6. The lowest BCUT2D eigenvalue weighted by molar-refractivity contribution is -0.138. The fourth-order valence-electron chi connectivity index (χ4n) is 4.49. The lowest BCUT2D eigenvalue weighted by atomic mass is 9.77. The largest absolute Gasteiger partial charge is 0.486 e. The first-order valence-corrected chi connectivity index (χ1v) is 10.9. The molecule has 1 saturated carbocycles. The molecule has 3 N–H and O–H groups in total. The zero-order valence-electron chi connectivity index (χ0n) is 17.7. The number of nitrogens with one attached hydrogen (secondary N) is 1. The molecule has 3 aliphatic rings. The number of nitrogens with zero attached hydrogens (tertiary/aromatic N) is 1. The van der Waals surface area contributed by atoms with Crippen molar-refractivity contribution in [1.82, 2.24) is 10.2 Å². The summed E-state index contributed by atoms with van der Waals surface area (Å²) in [6, 6.07) is 6.77. The first-order chi connectivity index (χ1) is 15.0. The highest BCUT2D eigenvalue weighted by atomic mass is 16.5. The highest BCUT2D eigenvalue weighted by molar-refractivity contribution is 5.96. The maximum absolute atomic E-state index is 13.0. The summed E-state index contributed by atoms with van der Waals surface area (Å²) >= 11 is 0. The third kappa shape index (κ3) is 4.46. The molecule has 1 heterocycles. The number of rotatable bonds is 9. The summed E-state index contributed by atoms with van der Waals surface area (Å²) in [6.45, 7) is 0.790. The smallest absolute Gasteiger partial charge is 0.247 e. The van der Waals surface area contributed by atoms with Gasteiger partial charge in [-0.2, -0.15) is 0 Å². The molecule has 0 bridgehead atoms. The molecule has 2 amide bonds. The van der Waals surface area contributed by atoms with Gasteiger partial charge >= 0.3 is 0 Å². The van der Waals surface area contributed by atoms with Crippen LogP contribution in [0.5, 0.6) is 5.75 Å². The molecule has 8 heteroatoms. The van der Waals surface area contributed by atoms with Crippen LogP contribution in [-0.2, 0) is 14.3 Å². The van der Waals surface area contributed by atoms with Crippen molar-refractivity contribution < 1.29 is 29.3 Å². The summed E-state index contributed by atoms with van der Waals surface area (Å²) < 4.78 is 11.2. The number of para-hydroxylation sites is 1. The number of aliphatic hydroxyl groups is 2. The third-order valence-electron chi connectivity index (χ3n) is 6.23. The van der Waals surface area contributed by atoms with Gasteiger partial charge in [0.25, 0.3) is 0 Å². The first-order valence-electron chi connectivity index (χ1n) is 10.9. The maximum atomic E-state index is 13.0. The zero-order valence-corrected chi connectivity index (χ0v) is 17.7. The second kappa shape index (κ2) is 9.38. The molecule has 2 aliphatic carbocycles. The summed E-state index contributed by atoms with van der Waals surface area (Å²) in [5.74, 6) is 0.184. The minimum absolute atomic E-state index is 0.113. The summed E-state index contributed by atoms with van der Waals surface area (Å²) in [4.78, 5) is 27.7. The van der Waals surface area contributed by atoms with Gasteiger partial charge in [-0.1, -0.05) is 18.2 Å². The monoisotopic (exact) mass is 430 g/mol. The number of fused-ring (bicyclic) bond motifs is 3. The molecule has 4 atom stereocenters. The minimum atomic E-state index is -0.975. The Balaban J connectivity index is 1.69. The Bertz CT molecular complexity index is 852. The van der Waals surface area contributed by atoms with Gasteiger partial charge < -0.3 is 29.9 Å². The van der Waals surface area contributed by atoms with Crippen molar-refractivity contribution in [3.8, 4) is 5.75 Å². The van der Waals surface area contributed by atoms with Crippen molar-refractivity contribution in [2.75, 3.05) is 33.4 Å². The summed E-state index contributed by atoms with van der Waals surface area (Å²) in [7, 11) is 1.55. The number of carbonyl (C=O) groups is 2. The highest BCUT2D eigenvalue weighted by Crippen LogP contribution is 2.47. The molecule has 8 nitrogen and oxygen atoms in total. The third-order valence-corrected chi connectivity index (χ3v) is 6.23. The average molecular weight is 431 g/mol. The molecule has 0 aromatic heterocycles. The Hall–Kier alpha value is -2.42. The van der Waals surface area contributed by atoms with Gasteiger partial charge in [-0.3, -0.25) is 9.59 Å². The van der Waals surface area contributed by atoms with Crippen molar-refractivity contribution in [2.24, 2.45) is 5.92 Å². The Labute approximate surface area is 181 Å². The van der Waals surface area contributed by atoms with E-state index in [1.165, 1.54) is 0 Å². The molecule has 31 heavy (non-hydrogen) atoms. The Morgan fingerprint density at radius 3 is 2.77 bits per heavy atom. The second-order valence-corrected chi connectivity index (χ2v) is 8.41. The number of hydrogen-bond donors (Lipinski definition) is 3. The normalized spacial score (nSPS) is 26.4. The van der Waals surface area contributed by atoms with Gasteiger partial charge in [-0.15, -0.1) is 0 Å². The molecule has 1 aromatic rings. The molecule has 0 saturated heterocycles. The number of carbonyl (C=O) groups excluding carboxylic acids is 2. The van der Waals surface area contributed by atoms with Crippen molar-refractivity contribution in [3.05, 3.63) is 41.5 Å². The molecule has 0 radical (unpaired) electrons. The predicted octanol–water partition coefficient (Wildman–Crippen LogP) is 0.584. The van der Waals surface area contributed by atoms with E-state index < -0.39 is 24.2 Å². The van der Waals surface area contributed by atoms with Crippen LogP contribution in [-0.4, -0.2) is 78.6 Å². The number of ether oxygens (including phenoxy) is 2. The van der Waals surface area contributed by atoms with E-state index in [4.69, 9.17) is 14.6 Å². The van der Waals surface area contributed by atoms with Gasteiger partial charge in [-0.25, -0.2) is 0 Å². The average Bonchev–Trinajstić information content (AvgIpc) is 3.52. The number of methoxy groups -OCH3 is 1. The van der Waals surface area contributed by atoms with Crippen LogP contribution in [0.2, 0.25) is 0 Å². The minimum Gasteiger partial charge on any atom is -0.486 e. The van der Waals surface area contributed by atoms with Gasteiger partial charge in [0.15, 0.2) is 0 Å². The van der Waals surface area contributed by atoms with Crippen LogP contribution in [0.15, 0.2) is 35.9 Å². The van der Waals surface area contributed by atoms with Crippen LogP contribution in [0, 0.1) is 5.92 Å². The van der Waals surface area contributed by atoms with Crippen LogP contribution in [0.25, 0.3) is 0 Å². The molecular weight excluding hydrogens is 400 g/mol. The van der Waals surface area contributed by atoms with E-state index in [9.17, 15) is 14.7 Å². The number of aliphatic hydroxyl groups excluding tert-OH is 2. The van der Waals surface area contributed by atoms with Crippen LogP contribution < -0.4 is 10.1 Å². The van der Waals surface area contributed by atoms with Crippen molar-refractivity contribution in [1.29, 1.82) is 0 Å². The molecule has 1 aromatic carbocycles. The second-order valence-electron chi connectivity index (χ2n) is 8.41. The van der Waals surface area contributed by atoms with E-state index in [1.807, 2.05) is 24.3 Å². The first kappa shape index (κ1) is 21.8. The topological polar surface area (TPSA) is 108 Å². The van der Waals surface area contributed by atoms with Crippen LogP contribution >= 0.6 is 0 Å². The standard InChI is InChI=1S/C23H30N2O6/c1-30-11-8-19(27)25(13-14-6-7-14)17-12-16(23(29)24-9-10-26)20-15-4-2-3-5-18(15)31-22(20)21(17)28/h2-5,12,14,17,20-22,26,28H,6-11,13H2,1H3,(H,24,29)/t17-,20+,21+,22+/m1/s1. The quantitative estimate of drug-likeness (QED) is 0.529. The summed E-state index contributed by atoms with van der Waals surface area (Å²) in [5.41, 5.74) is 1.30. The molecule has 1 fully saturated rings. The van der Waals surface area contributed by atoms with Crippen molar-refractivity contribution >= 4 is 11.8 Å². The lowest BCUT2D eigenvalue weighted by Gasteiger charge is -2.41. The van der Waals surface area contributed by atoms with Crippen LogP contribution in [0.3, 0.4) is 0 Å². The molecule has 1 aliphatic heterocycles. The van der Waals surface area contributed by atoms with E-state index in [1.54, 1.807) is 18.1 Å². The Kier molecular flexibility index (Phi) is 6.60. The van der Waals surface area contributed by atoms with E-state index >= 15 is 0 Å². The Morgan fingerprint density at radius 1 is 1.29 bits per heavy atom. The van der Waals surface area contributed by atoms with Gasteiger partial charge in [-0.05, 0) is 30.9 Å². The highest BCUT2D eigenvalue weighted by Gasteiger charge is 2.50. The van der Waals surface area contributed by atoms with Crippen LogP contribution in [0.1, 0.15) is 30.7 Å². The Morgan fingerprint density at radius 2 is 2.06 bits per heavy atom. The van der Waals surface area contributed by atoms with Gasteiger partial charge in [0.05, 0.1) is 31.6 Å². The number of hydrogen-bond acceptors (Lipinski definition) is 6. The molecule has 4 rings (SSSR count). The van der Waals surface area contributed by atoms with Crippen LogP contribution in [0.4, 0.5) is 0 Å². The summed E-state index contributed by atoms with van der Waals surface area (Å²) in [6.07, 6.45) is 2.39. The van der Waals surface area contributed by atoms with E-state index in [-0.39, 0.29) is 31.4 Å². The number of benzene rings is 1. The molecule has 0 spiro atoms. The van der Waals surface area contributed by atoms with Crippen molar-refractivity contribution in [3.63, 3.8) is 0 Å². The SMILES string of the molecule is COCCC(=O)N(CC1CC1)[C@@H]1C=C(C(=O)NCCO)[C@@H]2c3ccccc3O[C@@H]2[C@H]1O. The summed E-state index contributed by atoms with van der Waals surface area (Å²) in [5, 5.41) is 23.2. The predicted molar refractivity (Wildman–Crippen MR) is 113 cm³/mol. The van der Waals surface area contributed by atoms with Gasteiger partial charge in [0, 0.05) is 31.3 Å². The lowest BCUT2D eigenvalue weighted by Crippen LogP contribution is -2.56.